The Hall–Kier alpha value is 0.0400. The first-order chi connectivity index (χ1) is 7.68. The van der Waals surface area contributed by atoms with Gasteiger partial charge in [0, 0.05) is 17.6 Å². The van der Waals surface area contributed by atoms with Gasteiger partial charge in [-0.3, -0.25) is 0 Å². The highest BCUT2D eigenvalue weighted by Gasteiger charge is 2.16. The Bertz CT molecular complexity index is 380. The first-order valence-corrected chi connectivity index (χ1v) is 6.72. The number of rotatable bonds is 3. The van der Waals surface area contributed by atoms with E-state index in [-0.39, 0.29) is 0 Å². The fourth-order valence-electron chi connectivity index (χ4n) is 1.69. The predicted octanol–water partition coefficient (Wildman–Crippen LogP) is 4.35. The molecule has 0 spiro atoms. The maximum atomic E-state index is 6.12. The summed E-state index contributed by atoms with van der Waals surface area (Å²) in [7, 11) is 0. The topological polar surface area (TPSA) is 21.3 Å². The quantitative estimate of drug-likeness (QED) is 0.835. The molecule has 0 aromatic heterocycles. The van der Waals surface area contributed by atoms with E-state index in [0.717, 1.165) is 36.2 Å². The van der Waals surface area contributed by atoms with Crippen molar-refractivity contribution in [1.29, 1.82) is 0 Å². The maximum absolute atomic E-state index is 6.12. The van der Waals surface area contributed by atoms with Gasteiger partial charge in [-0.25, -0.2) is 0 Å². The second kappa shape index (κ2) is 5.58. The minimum Gasteiger partial charge on any atom is -0.381 e. The maximum Gasteiger partial charge on any atom is 0.0835 e. The summed E-state index contributed by atoms with van der Waals surface area (Å²) in [4.78, 5) is 0. The van der Waals surface area contributed by atoms with E-state index in [4.69, 9.17) is 27.9 Å². The summed E-state index contributed by atoms with van der Waals surface area (Å²) in [5.41, 5.74) is 0.852. The summed E-state index contributed by atoms with van der Waals surface area (Å²) in [6.45, 7) is 1.64. The van der Waals surface area contributed by atoms with E-state index >= 15 is 0 Å². The second-order valence-electron chi connectivity index (χ2n) is 3.74. The summed E-state index contributed by atoms with van der Waals surface area (Å²) in [5, 5.41) is 4.35. The Labute approximate surface area is 113 Å². The number of nitrogens with one attached hydrogen (secondary N) is 1. The first kappa shape index (κ1) is 12.5. The average Bonchev–Trinajstić information content (AvgIpc) is 2.78. The van der Waals surface area contributed by atoms with E-state index in [0.29, 0.717) is 16.1 Å². The zero-order valence-electron chi connectivity index (χ0n) is 8.60. The molecule has 1 aromatic rings. The highest BCUT2D eigenvalue weighted by Crippen LogP contribution is 2.35. The number of halogens is 3. The molecule has 1 aliphatic heterocycles. The number of benzene rings is 1. The van der Waals surface area contributed by atoms with E-state index in [1.165, 1.54) is 0 Å². The molecule has 1 aromatic carbocycles. The van der Waals surface area contributed by atoms with Crippen molar-refractivity contribution in [3.8, 4) is 0 Å². The fraction of sp³-hybridized carbons (Fsp3) is 0.455. The van der Waals surface area contributed by atoms with Crippen LogP contribution in [-0.4, -0.2) is 19.3 Å². The van der Waals surface area contributed by atoms with Crippen LogP contribution in [0.25, 0.3) is 0 Å². The summed E-state index contributed by atoms with van der Waals surface area (Å²) >= 11 is 15.5. The van der Waals surface area contributed by atoms with Gasteiger partial charge in [0.1, 0.15) is 0 Å². The number of hydrogen-bond donors (Lipinski definition) is 1. The lowest BCUT2D eigenvalue weighted by Crippen LogP contribution is -2.18. The van der Waals surface area contributed by atoms with Crippen LogP contribution in [0.4, 0.5) is 5.69 Å². The van der Waals surface area contributed by atoms with Crippen LogP contribution in [0.3, 0.4) is 0 Å². The Morgan fingerprint density at radius 1 is 1.38 bits per heavy atom. The second-order valence-corrected chi connectivity index (χ2v) is 5.35. The largest absolute Gasteiger partial charge is 0.381 e. The molecule has 2 nitrogen and oxygen atoms in total. The Balaban J connectivity index is 2.01. The van der Waals surface area contributed by atoms with Crippen LogP contribution in [-0.2, 0) is 4.74 Å². The molecule has 1 saturated heterocycles. The van der Waals surface area contributed by atoms with Crippen LogP contribution in [0, 0.1) is 0 Å². The monoisotopic (exact) mass is 323 g/mol. The molecular formula is C11H12BrCl2NO. The predicted molar refractivity (Wildman–Crippen MR) is 71.6 cm³/mol. The van der Waals surface area contributed by atoms with Crippen LogP contribution in [0.1, 0.15) is 12.8 Å². The smallest absolute Gasteiger partial charge is 0.0835 e. The summed E-state index contributed by atoms with van der Waals surface area (Å²) in [6.07, 6.45) is 2.54. The number of hydrogen-bond acceptors (Lipinski definition) is 2. The molecule has 1 heterocycles. The minimum atomic E-state index is 0.290. The third kappa shape index (κ3) is 2.83. The van der Waals surface area contributed by atoms with Crippen LogP contribution in [0.5, 0.6) is 0 Å². The van der Waals surface area contributed by atoms with Crippen LogP contribution >= 0.6 is 39.1 Å². The van der Waals surface area contributed by atoms with Crippen molar-refractivity contribution >= 4 is 44.8 Å². The Kier molecular flexibility index (Phi) is 4.36. The SMILES string of the molecule is Clc1c(Br)ccc(NCC2CCCO2)c1Cl. The highest BCUT2D eigenvalue weighted by molar-refractivity contribution is 9.10. The van der Waals surface area contributed by atoms with E-state index in [9.17, 15) is 0 Å². The molecule has 1 atom stereocenters. The third-order valence-electron chi connectivity index (χ3n) is 2.58. The van der Waals surface area contributed by atoms with Gasteiger partial charge in [-0.2, -0.15) is 0 Å². The molecule has 0 amide bonds. The molecule has 0 bridgehead atoms. The van der Waals surface area contributed by atoms with Crippen molar-refractivity contribution in [2.45, 2.75) is 18.9 Å². The van der Waals surface area contributed by atoms with Gasteiger partial charge in [0.2, 0.25) is 0 Å². The van der Waals surface area contributed by atoms with Crippen molar-refractivity contribution in [2.75, 3.05) is 18.5 Å². The van der Waals surface area contributed by atoms with Crippen LogP contribution < -0.4 is 5.32 Å². The van der Waals surface area contributed by atoms with Crippen LogP contribution in [0.15, 0.2) is 16.6 Å². The van der Waals surface area contributed by atoms with Crippen molar-refractivity contribution < 1.29 is 4.74 Å². The molecule has 1 N–H and O–H groups in total. The van der Waals surface area contributed by atoms with Gasteiger partial charge in [-0.15, -0.1) is 0 Å². The number of anilines is 1. The van der Waals surface area contributed by atoms with Gasteiger partial charge in [0.25, 0.3) is 0 Å². The third-order valence-corrected chi connectivity index (χ3v) is 4.35. The van der Waals surface area contributed by atoms with E-state index < -0.39 is 0 Å². The molecule has 0 radical (unpaired) electrons. The zero-order chi connectivity index (χ0) is 11.5. The van der Waals surface area contributed by atoms with E-state index in [2.05, 4.69) is 21.2 Å². The van der Waals surface area contributed by atoms with Gasteiger partial charge in [0.15, 0.2) is 0 Å². The van der Waals surface area contributed by atoms with Gasteiger partial charge in [-0.05, 0) is 40.9 Å². The number of ether oxygens (including phenoxy) is 1. The summed E-state index contributed by atoms with van der Waals surface area (Å²) in [6, 6.07) is 3.79. The fourth-order valence-corrected chi connectivity index (χ4v) is 2.53. The molecule has 1 fully saturated rings. The molecule has 16 heavy (non-hydrogen) atoms. The van der Waals surface area contributed by atoms with Crippen molar-refractivity contribution in [3.63, 3.8) is 0 Å². The van der Waals surface area contributed by atoms with Crippen LogP contribution in [0.2, 0.25) is 10.0 Å². The highest BCUT2D eigenvalue weighted by atomic mass is 79.9. The average molecular weight is 325 g/mol. The van der Waals surface area contributed by atoms with Gasteiger partial charge >= 0.3 is 0 Å². The lowest BCUT2D eigenvalue weighted by atomic mass is 10.2. The Morgan fingerprint density at radius 3 is 2.88 bits per heavy atom. The molecule has 0 saturated carbocycles. The summed E-state index contributed by atoms with van der Waals surface area (Å²) in [5.74, 6) is 0. The van der Waals surface area contributed by atoms with Gasteiger partial charge in [0.05, 0.1) is 21.8 Å². The van der Waals surface area contributed by atoms with Crippen molar-refractivity contribution in [1.82, 2.24) is 0 Å². The van der Waals surface area contributed by atoms with E-state index in [1.54, 1.807) is 0 Å². The van der Waals surface area contributed by atoms with Gasteiger partial charge < -0.3 is 10.1 Å². The van der Waals surface area contributed by atoms with Gasteiger partial charge in [-0.1, -0.05) is 23.2 Å². The first-order valence-electron chi connectivity index (χ1n) is 5.17. The molecular weight excluding hydrogens is 313 g/mol. The molecule has 2 rings (SSSR count). The van der Waals surface area contributed by atoms with E-state index in [1.807, 2.05) is 12.1 Å². The van der Waals surface area contributed by atoms with Crippen molar-refractivity contribution in [2.24, 2.45) is 0 Å². The zero-order valence-corrected chi connectivity index (χ0v) is 11.7. The van der Waals surface area contributed by atoms with Crippen molar-refractivity contribution in [3.05, 3.63) is 26.7 Å². The minimum absolute atomic E-state index is 0.290. The standard InChI is InChI=1S/C11H12BrCl2NO/c12-8-3-4-9(11(14)10(8)13)15-6-7-2-1-5-16-7/h3-4,7,15H,1-2,5-6H2. The lowest BCUT2D eigenvalue weighted by Gasteiger charge is -2.14. The molecule has 1 unspecified atom stereocenters. The molecule has 5 heteroatoms. The molecule has 1 aliphatic rings. The normalized spacial score (nSPS) is 20.1. The molecule has 88 valence electrons. The Morgan fingerprint density at radius 2 is 2.19 bits per heavy atom. The lowest BCUT2D eigenvalue weighted by molar-refractivity contribution is 0.120. The summed E-state index contributed by atoms with van der Waals surface area (Å²) < 4.78 is 6.33. The molecule has 0 aliphatic carbocycles.